The molecule has 0 amide bonds. The minimum Gasteiger partial charge on any atom is -0.460 e. The predicted molar refractivity (Wildman–Crippen MR) is 180 cm³/mol. The normalized spacial score (nSPS) is 10.9. The molecule has 0 saturated carbocycles. The van der Waals surface area contributed by atoms with Gasteiger partial charge in [0.2, 0.25) is 0 Å². The van der Waals surface area contributed by atoms with Crippen molar-refractivity contribution >= 4 is 23.6 Å². The smallest absolute Gasteiger partial charge is 0.343 e. The van der Waals surface area contributed by atoms with Gasteiger partial charge >= 0.3 is 17.9 Å². The highest BCUT2D eigenvalue weighted by atomic mass is 16.6. The van der Waals surface area contributed by atoms with Crippen LogP contribution in [0.4, 0.5) is 5.69 Å². The van der Waals surface area contributed by atoms with E-state index in [0.29, 0.717) is 45.4 Å². The molecule has 0 spiro atoms. The molecule has 262 valence electrons. The monoisotopic (exact) mass is 659 g/mol. The van der Waals surface area contributed by atoms with Crippen LogP contribution in [0.1, 0.15) is 96.3 Å². The van der Waals surface area contributed by atoms with Gasteiger partial charge in [0.1, 0.15) is 19.0 Å². The van der Waals surface area contributed by atoms with Crippen LogP contribution in [0.25, 0.3) is 0 Å². The summed E-state index contributed by atoms with van der Waals surface area (Å²) in [6, 6.07) is 10.8. The molecule has 0 bridgehead atoms. The van der Waals surface area contributed by atoms with E-state index in [-0.39, 0.29) is 43.1 Å². The second-order valence-corrected chi connectivity index (χ2v) is 10.8. The molecule has 0 aromatic heterocycles. The molecule has 1 N–H and O–H groups in total. The van der Waals surface area contributed by atoms with Crippen LogP contribution in [0.3, 0.4) is 0 Å². The molecule has 0 aliphatic carbocycles. The van der Waals surface area contributed by atoms with Crippen molar-refractivity contribution < 1.29 is 47.5 Å². The highest BCUT2D eigenvalue weighted by Gasteiger charge is 2.23. The standard InChI is InChI=1S/C36H53NO10/c1-4-6-8-10-18-41-20-22-43-24-26-45-35(39)32-17-12-29(34(38)47-31-15-13-30(37-3)14-16-31)28-33(32)36(40)46-27-25-44-23-21-42-19-11-9-7-5-2/h12-17,28,37H,4-11,18-27H2,1-3H3. The van der Waals surface area contributed by atoms with Crippen molar-refractivity contribution in [1.82, 2.24) is 0 Å². The van der Waals surface area contributed by atoms with E-state index in [4.69, 9.17) is 33.2 Å². The molecular weight excluding hydrogens is 606 g/mol. The Labute approximate surface area is 279 Å². The molecule has 0 atom stereocenters. The summed E-state index contributed by atoms with van der Waals surface area (Å²) in [5.74, 6) is -1.92. The number of rotatable bonds is 27. The Hall–Kier alpha value is -3.51. The molecule has 0 aliphatic rings. The first-order chi connectivity index (χ1) is 23.0. The zero-order valence-corrected chi connectivity index (χ0v) is 28.4. The summed E-state index contributed by atoms with van der Waals surface area (Å²) in [4.78, 5) is 38.9. The highest BCUT2D eigenvalue weighted by Crippen LogP contribution is 2.20. The third kappa shape index (κ3) is 17.3. The molecule has 2 rings (SSSR count). The van der Waals surface area contributed by atoms with Gasteiger partial charge in [-0.3, -0.25) is 0 Å². The molecule has 0 saturated heterocycles. The zero-order chi connectivity index (χ0) is 34.0. The van der Waals surface area contributed by atoms with Crippen LogP contribution >= 0.6 is 0 Å². The van der Waals surface area contributed by atoms with Crippen molar-refractivity contribution in [3.63, 3.8) is 0 Å². The van der Waals surface area contributed by atoms with Crippen molar-refractivity contribution in [3.8, 4) is 5.75 Å². The summed E-state index contributed by atoms with van der Waals surface area (Å²) in [6.45, 7) is 7.62. The molecule has 2 aromatic rings. The highest BCUT2D eigenvalue weighted by molar-refractivity contribution is 6.05. The first-order valence-electron chi connectivity index (χ1n) is 16.8. The van der Waals surface area contributed by atoms with Gasteiger partial charge in [-0.2, -0.15) is 0 Å². The maximum atomic E-state index is 13.1. The number of ether oxygens (including phenoxy) is 7. The lowest BCUT2D eigenvalue weighted by molar-refractivity contribution is 0.0119. The molecule has 0 aliphatic heterocycles. The lowest BCUT2D eigenvalue weighted by Crippen LogP contribution is -2.19. The van der Waals surface area contributed by atoms with Crippen LogP contribution in [-0.2, 0) is 28.4 Å². The molecule has 11 heteroatoms. The summed E-state index contributed by atoms with van der Waals surface area (Å²) < 4.78 is 38.2. The van der Waals surface area contributed by atoms with Gasteiger partial charge in [-0.05, 0) is 55.3 Å². The van der Waals surface area contributed by atoms with Crippen LogP contribution in [0.5, 0.6) is 5.75 Å². The van der Waals surface area contributed by atoms with Gasteiger partial charge in [0.25, 0.3) is 0 Å². The van der Waals surface area contributed by atoms with Crippen molar-refractivity contribution in [2.45, 2.75) is 65.2 Å². The predicted octanol–water partition coefficient (Wildman–Crippen LogP) is 6.49. The van der Waals surface area contributed by atoms with E-state index < -0.39 is 17.9 Å². The van der Waals surface area contributed by atoms with E-state index in [1.807, 2.05) is 0 Å². The first-order valence-corrected chi connectivity index (χ1v) is 16.8. The number of anilines is 1. The minimum atomic E-state index is -0.798. The van der Waals surface area contributed by atoms with Gasteiger partial charge in [0, 0.05) is 25.9 Å². The Morgan fingerprint density at radius 2 is 1.02 bits per heavy atom. The summed E-state index contributed by atoms with van der Waals surface area (Å²) in [5.41, 5.74) is 0.755. The molecule has 0 heterocycles. The van der Waals surface area contributed by atoms with Gasteiger partial charge in [-0.15, -0.1) is 0 Å². The van der Waals surface area contributed by atoms with E-state index in [0.717, 1.165) is 31.4 Å². The average Bonchev–Trinajstić information content (AvgIpc) is 3.09. The topological polar surface area (TPSA) is 128 Å². The van der Waals surface area contributed by atoms with Crippen LogP contribution in [0, 0.1) is 0 Å². The maximum Gasteiger partial charge on any atom is 0.343 e. The van der Waals surface area contributed by atoms with Crippen molar-refractivity contribution in [3.05, 3.63) is 59.2 Å². The second-order valence-electron chi connectivity index (χ2n) is 10.8. The lowest BCUT2D eigenvalue weighted by atomic mass is 10.0. The summed E-state index contributed by atoms with van der Waals surface area (Å²) >= 11 is 0. The number of hydrogen-bond donors (Lipinski definition) is 1. The van der Waals surface area contributed by atoms with Crippen LogP contribution in [-0.4, -0.2) is 91.0 Å². The van der Waals surface area contributed by atoms with Gasteiger partial charge in [-0.1, -0.05) is 52.4 Å². The zero-order valence-electron chi connectivity index (χ0n) is 28.4. The van der Waals surface area contributed by atoms with Gasteiger partial charge < -0.3 is 38.5 Å². The van der Waals surface area contributed by atoms with Crippen LogP contribution < -0.4 is 10.1 Å². The van der Waals surface area contributed by atoms with E-state index in [1.54, 1.807) is 31.3 Å². The number of unbranched alkanes of at least 4 members (excludes halogenated alkanes) is 6. The molecule has 2 aromatic carbocycles. The Bertz CT molecular complexity index is 1150. The Kier molecular flexibility index (Phi) is 21.6. The molecule has 11 nitrogen and oxygen atoms in total. The Morgan fingerprint density at radius 1 is 0.532 bits per heavy atom. The fourth-order valence-electron chi connectivity index (χ4n) is 4.32. The lowest BCUT2D eigenvalue weighted by Gasteiger charge is -2.12. The van der Waals surface area contributed by atoms with E-state index in [1.165, 1.54) is 43.9 Å². The van der Waals surface area contributed by atoms with Crippen molar-refractivity contribution in [2.75, 3.05) is 78.4 Å². The number of esters is 3. The van der Waals surface area contributed by atoms with Crippen molar-refractivity contribution in [1.29, 1.82) is 0 Å². The molecule has 0 unspecified atom stereocenters. The maximum absolute atomic E-state index is 13.1. The Balaban J connectivity index is 1.90. The fraction of sp³-hybridized carbons (Fsp3) is 0.583. The van der Waals surface area contributed by atoms with Crippen LogP contribution in [0.2, 0.25) is 0 Å². The summed E-state index contributed by atoms with van der Waals surface area (Å²) in [7, 11) is 1.78. The van der Waals surface area contributed by atoms with Gasteiger partial charge in [0.05, 0.1) is 56.3 Å². The second kappa shape index (κ2) is 25.6. The number of carbonyl (C=O) groups excluding carboxylic acids is 3. The van der Waals surface area contributed by atoms with E-state index in [2.05, 4.69) is 19.2 Å². The first kappa shape index (κ1) is 39.7. The number of benzene rings is 2. The number of nitrogens with one attached hydrogen (secondary N) is 1. The molecular formula is C36H53NO10. The quantitative estimate of drug-likeness (QED) is 0.0642. The van der Waals surface area contributed by atoms with Crippen molar-refractivity contribution in [2.24, 2.45) is 0 Å². The number of carbonyl (C=O) groups is 3. The van der Waals surface area contributed by atoms with E-state index in [9.17, 15) is 14.4 Å². The van der Waals surface area contributed by atoms with E-state index >= 15 is 0 Å². The molecule has 0 radical (unpaired) electrons. The average molecular weight is 660 g/mol. The molecule has 0 fully saturated rings. The van der Waals surface area contributed by atoms with Gasteiger partial charge in [0.15, 0.2) is 0 Å². The molecule has 47 heavy (non-hydrogen) atoms. The minimum absolute atomic E-state index is 0.0231. The van der Waals surface area contributed by atoms with Crippen LogP contribution in [0.15, 0.2) is 42.5 Å². The SMILES string of the molecule is CCCCCCOCCOCCOC(=O)c1ccc(C(=O)Oc2ccc(NC)cc2)cc1C(=O)OCCOCCOCCCCCC. The largest absolute Gasteiger partial charge is 0.460 e. The summed E-state index contributed by atoms with van der Waals surface area (Å²) in [6.07, 6.45) is 9.10. The third-order valence-electron chi connectivity index (χ3n) is 7.00. The Morgan fingerprint density at radius 3 is 1.53 bits per heavy atom. The fourth-order valence-corrected chi connectivity index (χ4v) is 4.32. The number of hydrogen-bond acceptors (Lipinski definition) is 11. The van der Waals surface area contributed by atoms with Gasteiger partial charge in [-0.25, -0.2) is 14.4 Å². The summed E-state index contributed by atoms with van der Waals surface area (Å²) in [5, 5.41) is 2.99. The third-order valence-corrected chi connectivity index (χ3v) is 7.00.